The number of hydrogen-bond donors (Lipinski definition) is 2. The number of rotatable bonds is 5. The van der Waals surface area contributed by atoms with E-state index in [-0.39, 0.29) is 5.91 Å². The first-order chi connectivity index (χ1) is 9.58. The van der Waals surface area contributed by atoms with Crippen LogP contribution in [-0.2, 0) is 6.54 Å². The van der Waals surface area contributed by atoms with Crippen molar-refractivity contribution in [3.05, 3.63) is 23.7 Å². The molecular formula is C14H24N4O2. The van der Waals surface area contributed by atoms with E-state index in [9.17, 15) is 4.79 Å². The molecule has 2 rings (SSSR count). The number of nitrogen functional groups attached to an aromatic ring is 1. The smallest absolute Gasteiger partial charge is 0.268 e. The number of carbonyl (C=O) groups excluding carboxylic acids is 1. The predicted molar refractivity (Wildman–Crippen MR) is 76.9 cm³/mol. The zero-order valence-corrected chi connectivity index (χ0v) is 12.3. The van der Waals surface area contributed by atoms with Crippen LogP contribution in [0.5, 0.6) is 0 Å². The standard InChI is InChI=1S/C14H24N4O2/c1-11(2)8-17-3-5-18(6-4-17)9-13-7-12(10-20-13)14(19)16-15/h7,10-11H,3-6,8-9,15H2,1-2H3,(H,16,19). The molecule has 0 atom stereocenters. The van der Waals surface area contributed by atoms with Crippen molar-refractivity contribution in [2.45, 2.75) is 20.4 Å². The molecule has 1 aromatic rings. The van der Waals surface area contributed by atoms with Gasteiger partial charge in [-0.2, -0.15) is 0 Å². The Morgan fingerprint density at radius 2 is 2.00 bits per heavy atom. The normalized spacial score (nSPS) is 17.6. The number of amides is 1. The summed E-state index contributed by atoms with van der Waals surface area (Å²) in [6, 6.07) is 1.75. The van der Waals surface area contributed by atoms with Gasteiger partial charge in [-0.05, 0) is 12.0 Å². The molecule has 1 aliphatic heterocycles. The number of nitrogens with zero attached hydrogens (tertiary/aromatic N) is 2. The lowest BCUT2D eigenvalue weighted by molar-refractivity contribution is 0.0953. The predicted octanol–water partition coefficient (Wildman–Crippen LogP) is 0.657. The Morgan fingerprint density at radius 3 is 2.60 bits per heavy atom. The average Bonchev–Trinajstić information content (AvgIpc) is 2.88. The molecule has 0 spiro atoms. The average molecular weight is 280 g/mol. The number of carbonyl (C=O) groups is 1. The number of nitrogens with one attached hydrogen (secondary N) is 1. The van der Waals surface area contributed by atoms with Crippen LogP contribution in [0.3, 0.4) is 0 Å². The highest BCUT2D eigenvalue weighted by Gasteiger charge is 2.19. The van der Waals surface area contributed by atoms with Crippen LogP contribution in [-0.4, -0.2) is 48.4 Å². The fourth-order valence-corrected chi connectivity index (χ4v) is 2.53. The third-order valence-corrected chi connectivity index (χ3v) is 3.51. The zero-order valence-electron chi connectivity index (χ0n) is 12.3. The molecule has 6 nitrogen and oxygen atoms in total. The molecule has 0 bridgehead atoms. The molecule has 2 heterocycles. The van der Waals surface area contributed by atoms with E-state index >= 15 is 0 Å². The fraction of sp³-hybridized carbons (Fsp3) is 0.643. The summed E-state index contributed by atoms with van der Waals surface area (Å²) in [5, 5.41) is 0. The Labute approximate surface area is 119 Å². The minimum atomic E-state index is -0.318. The summed E-state index contributed by atoms with van der Waals surface area (Å²) in [7, 11) is 0. The van der Waals surface area contributed by atoms with Gasteiger partial charge in [0.2, 0.25) is 0 Å². The van der Waals surface area contributed by atoms with Gasteiger partial charge < -0.3 is 9.32 Å². The van der Waals surface area contributed by atoms with Gasteiger partial charge in [0.1, 0.15) is 12.0 Å². The van der Waals surface area contributed by atoms with Crippen molar-refractivity contribution in [1.29, 1.82) is 0 Å². The molecule has 1 aromatic heterocycles. The molecule has 1 saturated heterocycles. The van der Waals surface area contributed by atoms with E-state index in [1.54, 1.807) is 6.07 Å². The molecule has 0 radical (unpaired) electrons. The van der Waals surface area contributed by atoms with Crippen LogP contribution in [0.1, 0.15) is 30.0 Å². The Kier molecular flexibility index (Phi) is 5.17. The van der Waals surface area contributed by atoms with Crippen molar-refractivity contribution >= 4 is 5.91 Å². The van der Waals surface area contributed by atoms with Crippen molar-refractivity contribution in [3.8, 4) is 0 Å². The van der Waals surface area contributed by atoms with Gasteiger partial charge in [0.05, 0.1) is 12.1 Å². The summed E-state index contributed by atoms with van der Waals surface area (Å²) in [5.41, 5.74) is 2.58. The van der Waals surface area contributed by atoms with Crippen molar-refractivity contribution < 1.29 is 9.21 Å². The molecule has 112 valence electrons. The number of furan rings is 1. The molecule has 3 N–H and O–H groups in total. The van der Waals surface area contributed by atoms with E-state index in [1.807, 2.05) is 0 Å². The highest BCUT2D eigenvalue weighted by molar-refractivity contribution is 5.93. The van der Waals surface area contributed by atoms with E-state index < -0.39 is 0 Å². The van der Waals surface area contributed by atoms with Crippen LogP contribution in [0.4, 0.5) is 0 Å². The van der Waals surface area contributed by atoms with Crippen LogP contribution >= 0.6 is 0 Å². The lowest BCUT2D eigenvalue weighted by atomic mass is 10.2. The second-order valence-electron chi connectivity index (χ2n) is 5.75. The summed E-state index contributed by atoms with van der Waals surface area (Å²) in [6.07, 6.45) is 1.45. The molecular weight excluding hydrogens is 256 g/mol. The van der Waals surface area contributed by atoms with Gasteiger partial charge in [-0.25, -0.2) is 5.84 Å². The molecule has 6 heteroatoms. The van der Waals surface area contributed by atoms with Gasteiger partial charge in [0, 0.05) is 32.7 Å². The summed E-state index contributed by atoms with van der Waals surface area (Å²) in [4.78, 5) is 16.2. The Balaban J connectivity index is 1.80. The van der Waals surface area contributed by atoms with Crippen LogP contribution in [0.15, 0.2) is 16.7 Å². The number of hydrogen-bond acceptors (Lipinski definition) is 5. The number of piperazine rings is 1. The van der Waals surface area contributed by atoms with Gasteiger partial charge in [0.25, 0.3) is 5.91 Å². The van der Waals surface area contributed by atoms with Crippen molar-refractivity contribution in [2.24, 2.45) is 11.8 Å². The summed E-state index contributed by atoms with van der Waals surface area (Å²) in [5.74, 6) is 6.30. The monoisotopic (exact) mass is 280 g/mol. The molecule has 0 saturated carbocycles. The first kappa shape index (κ1) is 15.0. The van der Waals surface area contributed by atoms with Crippen molar-refractivity contribution in [2.75, 3.05) is 32.7 Å². The third kappa shape index (κ3) is 4.06. The largest absolute Gasteiger partial charge is 0.467 e. The van der Waals surface area contributed by atoms with Gasteiger partial charge in [-0.1, -0.05) is 13.8 Å². The van der Waals surface area contributed by atoms with Crippen LogP contribution in [0.2, 0.25) is 0 Å². The van der Waals surface area contributed by atoms with Gasteiger partial charge in [0.15, 0.2) is 0 Å². The lowest BCUT2D eigenvalue weighted by Gasteiger charge is -2.35. The van der Waals surface area contributed by atoms with E-state index in [0.29, 0.717) is 11.5 Å². The maximum atomic E-state index is 11.3. The van der Waals surface area contributed by atoms with Crippen molar-refractivity contribution in [1.82, 2.24) is 15.2 Å². The van der Waals surface area contributed by atoms with Crippen LogP contribution in [0.25, 0.3) is 0 Å². The van der Waals surface area contributed by atoms with E-state index in [1.165, 1.54) is 6.26 Å². The Morgan fingerprint density at radius 1 is 1.35 bits per heavy atom. The molecule has 1 aliphatic rings. The second-order valence-corrected chi connectivity index (χ2v) is 5.75. The SMILES string of the molecule is CC(C)CN1CCN(Cc2cc(C(=O)NN)co2)CC1. The van der Waals surface area contributed by atoms with E-state index in [2.05, 4.69) is 29.1 Å². The molecule has 0 unspecified atom stereocenters. The summed E-state index contributed by atoms with van der Waals surface area (Å²) >= 11 is 0. The number of hydrazine groups is 1. The maximum Gasteiger partial charge on any atom is 0.268 e. The molecule has 20 heavy (non-hydrogen) atoms. The minimum absolute atomic E-state index is 0.318. The first-order valence-electron chi connectivity index (χ1n) is 7.11. The van der Waals surface area contributed by atoms with Gasteiger partial charge >= 0.3 is 0 Å². The summed E-state index contributed by atoms with van der Waals surface area (Å²) < 4.78 is 5.41. The highest BCUT2D eigenvalue weighted by atomic mass is 16.3. The van der Waals surface area contributed by atoms with Crippen LogP contribution < -0.4 is 11.3 Å². The quantitative estimate of drug-likeness (QED) is 0.471. The molecule has 0 aromatic carbocycles. The molecule has 0 aliphatic carbocycles. The van der Waals surface area contributed by atoms with Crippen LogP contribution in [0, 0.1) is 5.92 Å². The maximum absolute atomic E-state index is 11.3. The fourth-order valence-electron chi connectivity index (χ4n) is 2.53. The third-order valence-electron chi connectivity index (χ3n) is 3.51. The molecule has 1 amide bonds. The lowest BCUT2D eigenvalue weighted by Crippen LogP contribution is -2.46. The van der Waals surface area contributed by atoms with Gasteiger partial charge in [-0.15, -0.1) is 0 Å². The highest BCUT2D eigenvalue weighted by Crippen LogP contribution is 2.13. The minimum Gasteiger partial charge on any atom is -0.467 e. The second kappa shape index (κ2) is 6.88. The Hall–Kier alpha value is -1.37. The molecule has 1 fully saturated rings. The van der Waals surface area contributed by atoms with Crippen molar-refractivity contribution in [3.63, 3.8) is 0 Å². The first-order valence-corrected chi connectivity index (χ1v) is 7.11. The number of nitrogens with two attached hydrogens (primary N) is 1. The summed E-state index contributed by atoms with van der Waals surface area (Å²) in [6.45, 7) is 10.7. The van der Waals surface area contributed by atoms with E-state index in [0.717, 1.165) is 45.0 Å². The topological polar surface area (TPSA) is 74.7 Å². The van der Waals surface area contributed by atoms with Gasteiger partial charge in [-0.3, -0.25) is 15.1 Å². The zero-order chi connectivity index (χ0) is 14.5. The Bertz CT molecular complexity index is 436. The van der Waals surface area contributed by atoms with E-state index in [4.69, 9.17) is 10.3 Å².